The molecule has 2 aromatic rings. The molecule has 1 aliphatic carbocycles. The van der Waals surface area contributed by atoms with Crippen LogP contribution in [-0.2, 0) is 0 Å². The number of aromatic nitrogens is 1. The Kier molecular flexibility index (Phi) is 2.41. The molecule has 0 saturated heterocycles. The molecule has 17 heavy (non-hydrogen) atoms. The highest BCUT2D eigenvalue weighted by Crippen LogP contribution is 2.32. The van der Waals surface area contributed by atoms with Gasteiger partial charge in [0.15, 0.2) is 0 Å². The highest BCUT2D eigenvalue weighted by Gasteiger charge is 2.21. The van der Waals surface area contributed by atoms with Crippen molar-refractivity contribution < 1.29 is 4.74 Å². The van der Waals surface area contributed by atoms with Crippen molar-refractivity contribution in [3.63, 3.8) is 0 Å². The quantitative estimate of drug-likeness (QED) is 0.787. The van der Waals surface area contributed by atoms with Crippen LogP contribution in [0.25, 0.3) is 10.9 Å². The first kappa shape index (κ1) is 10.1. The van der Waals surface area contributed by atoms with Crippen LogP contribution >= 0.6 is 0 Å². The molecule has 84 valence electrons. The Morgan fingerprint density at radius 2 is 2.12 bits per heavy atom. The topological polar surface area (TPSA) is 45.9 Å². The number of pyridine rings is 1. The minimum absolute atomic E-state index is 0.271. The molecule has 0 bridgehead atoms. The lowest BCUT2D eigenvalue weighted by Crippen LogP contribution is -2.25. The van der Waals surface area contributed by atoms with E-state index in [1.165, 1.54) is 6.42 Å². The lowest BCUT2D eigenvalue weighted by Gasteiger charge is -2.27. The van der Waals surface area contributed by atoms with E-state index in [-0.39, 0.29) is 6.10 Å². The van der Waals surface area contributed by atoms with E-state index in [0.29, 0.717) is 11.3 Å². The van der Waals surface area contributed by atoms with Crippen LogP contribution in [0.5, 0.6) is 5.75 Å². The molecule has 1 aromatic heterocycles. The highest BCUT2D eigenvalue weighted by molar-refractivity contribution is 5.87. The normalized spacial score (nSPS) is 15.2. The van der Waals surface area contributed by atoms with Crippen LogP contribution < -0.4 is 4.74 Å². The van der Waals surface area contributed by atoms with Crippen molar-refractivity contribution in [2.75, 3.05) is 0 Å². The maximum atomic E-state index is 9.11. The van der Waals surface area contributed by atoms with Gasteiger partial charge in [-0.25, -0.2) is 0 Å². The first-order valence-electron chi connectivity index (χ1n) is 5.83. The van der Waals surface area contributed by atoms with Gasteiger partial charge in [0, 0.05) is 11.6 Å². The molecule has 0 amide bonds. The summed E-state index contributed by atoms with van der Waals surface area (Å²) in [6, 6.07) is 9.93. The Bertz CT molecular complexity index is 597. The van der Waals surface area contributed by atoms with Crippen molar-refractivity contribution in [1.82, 2.24) is 4.98 Å². The lowest BCUT2D eigenvalue weighted by molar-refractivity contribution is 0.122. The molecule has 3 heteroatoms. The Morgan fingerprint density at radius 3 is 2.82 bits per heavy atom. The van der Waals surface area contributed by atoms with Crippen molar-refractivity contribution in [3.8, 4) is 11.8 Å². The molecule has 1 heterocycles. The molecule has 1 aliphatic rings. The van der Waals surface area contributed by atoms with E-state index in [0.717, 1.165) is 23.7 Å². The molecular weight excluding hydrogens is 212 g/mol. The molecule has 0 aliphatic heterocycles. The average Bonchev–Trinajstić information content (AvgIpc) is 2.33. The fourth-order valence-electron chi connectivity index (χ4n) is 1.98. The van der Waals surface area contributed by atoms with Crippen molar-refractivity contribution in [2.24, 2.45) is 0 Å². The van der Waals surface area contributed by atoms with E-state index in [4.69, 9.17) is 10.00 Å². The number of nitriles is 1. The highest BCUT2D eigenvalue weighted by atomic mass is 16.5. The summed E-state index contributed by atoms with van der Waals surface area (Å²) in [4.78, 5) is 4.26. The van der Waals surface area contributed by atoms with E-state index in [1.807, 2.05) is 24.3 Å². The van der Waals surface area contributed by atoms with Crippen molar-refractivity contribution in [3.05, 3.63) is 36.0 Å². The van der Waals surface area contributed by atoms with Gasteiger partial charge in [0.05, 0.1) is 11.6 Å². The Labute approximate surface area is 99.7 Å². The fourth-order valence-corrected chi connectivity index (χ4v) is 1.98. The monoisotopic (exact) mass is 224 g/mol. The van der Waals surface area contributed by atoms with Crippen LogP contribution in [0.15, 0.2) is 30.5 Å². The van der Waals surface area contributed by atoms with Gasteiger partial charge in [-0.3, -0.25) is 4.98 Å². The Morgan fingerprint density at radius 1 is 1.29 bits per heavy atom. The Hall–Kier alpha value is -2.08. The van der Waals surface area contributed by atoms with E-state index in [1.54, 1.807) is 6.20 Å². The number of para-hydroxylation sites is 1. The summed E-state index contributed by atoms with van der Waals surface area (Å²) in [6.45, 7) is 0. The molecular formula is C14H12N2O. The van der Waals surface area contributed by atoms with Gasteiger partial charge in [0.2, 0.25) is 0 Å². The molecule has 0 unspecified atom stereocenters. The number of hydrogen-bond acceptors (Lipinski definition) is 3. The third kappa shape index (κ3) is 1.72. The molecule has 3 nitrogen and oxygen atoms in total. The number of nitrogens with zero attached hydrogens (tertiary/aromatic N) is 2. The second kappa shape index (κ2) is 4.06. The number of fused-ring (bicyclic) bond motifs is 1. The zero-order valence-corrected chi connectivity index (χ0v) is 9.39. The van der Waals surface area contributed by atoms with Crippen LogP contribution in [0, 0.1) is 11.3 Å². The molecule has 1 aromatic carbocycles. The predicted molar refractivity (Wildman–Crippen MR) is 64.7 cm³/mol. The van der Waals surface area contributed by atoms with Gasteiger partial charge in [-0.05, 0) is 31.4 Å². The summed E-state index contributed by atoms with van der Waals surface area (Å²) in [6.07, 6.45) is 5.25. The average molecular weight is 224 g/mol. The zero-order chi connectivity index (χ0) is 11.7. The van der Waals surface area contributed by atoms with Crippen LogP contribution in [0.4, 0.5) is 0 Å². The third-order valence-corrected chi connectivity index (χ3v) is 3.18. The summed E-state index contributed by atoms with van der Waals surface area (Å²) in [5.41, 5.74) is 1.40. The van der Waals surface area contributed by atoms with E-state index < -0.39 is 0 Å². The largest absolute Gasteiger partial charge is 0.488 e. The lowest BCUT2D eigenvalue weighted by atomic mass is 9.96. The second-order valence-electron chi connectivity index (χ2n) is 4.30. The molecule has 1 saturated carbocycles. The first-order valence-corrected chi connectivity index (χ1v) is 5.83. The van der Waals surface area contributed by atoms with Crippen LogP contribution in [0.2, 0.25) is 0 Å². The maximum Gasteiger partial charge on any atom is 0.148 e. The van der Waals surface area contributed by atoms with Crippen LogP contribution in [0.1, 0.15) is 24.8 Å². The molecule has 0 N–H and O–H groups in total. The van der Waals surface area contributed by atoms with E-state index >= 15 is 0 Å². The van der Waals surface area contributed by atoms with Crippen LogP contribution in [0.3, 0.4) is 0 Å². The standard InChI is InChI=1S/C14H12N2O/c15-8-10-9-16-13-7-2-1-6-12(13)14(10)17-11-4-3-5-11/h1-2,6-7,9,11H,3-5H2. The van der Waals surface area contributed by atoms with Crippen molar-refractivity contribution in [1.29, 1.82) is 5.26 Å². The van der Waals surface area contributed by atoms with Gasteiger partial charge in [0.25, 0.3) is 0 Å². The smallest absolute Gasteiger partial charge is 0.148 e. The summed E-state index contributed by atoms with van der Waals surface area (Å²) >= 11 is 0. The molecule has 0 radical (unpaired) electrons. The minimum Gasteiger partial charge on any atom is -0.488 e. The molecule has 3 rings (SSSR count). The zero-order valence-electron chi connectivity index (χ0n) is 9.39. The molecule has 0 atom stereocenters. The summed E-state index contributed by atoms with van der Waals surface area (Å²) < 4.78 is 5.92. The van der Waals surface area contributed by atoms with E-state index in [2.05, 4.69) is 11.1 Å². The number of benzene rings is 1. The van der Waals surface area contributed by atoms with Gasteiger partial charge in [-0.15, -0.1) is 0 Å². The van der Waals surface area contributed by atoms with E-state index in [9.17, 15) is 0 Å². The van der Waals surface area contributed by atoms with Crippen molar-refractivity contribution in [2.45, 2.75) is 25.4 Å². The summed E-state index contributed by atoms with van der Waals surface area (Å²) in [5, 5.41) is 10.0. The second-order valence-corrected chi connectivity index (χ2v) is 4.30. The molecule has 0 spiro atoms. The molecule has 1 fully saturated rings. The van der Waals surface area contributed by atoms with Gasteiger partial charge in [0.1, 0.15) is 17.4 Å². The van der Waals surface area contributed by atoms with Gasteiger partial charge >= 0.3 is 0 Å². The van der Waals surface area contributed by atoms with Gasteiger partial charge in [-0.2, -0.15) is 5.26 Å². The number of rotatable bonds is 2. The SMILES string of the molecule is N#Cc1cnc2ccccc2c1OC1CCC1. The first-order chi connectivity index (χ1) is 8.38. The van der Waals surface area contributed by atoms with Crippen molar-refractivity contribution >= 4 is 10.9 Å². The number of ether oxygens (including phenoxy) is 1. The van der Waals surface area contributed by atoms with Crippen LogP contribution in [-0.4, -0.2) is 11.1 Å². The third-order valence-electron chi connectivity index (χ3n) is 3.18. The minimum atomic E-state index is 0.271. The predicted octanol–water partition coefficient (Wildman–Crippen LogP) is 3.04. The van der Waals surface area contributed by atoms with Gasteiger partial charge in [-0.1, -0.05) is 12.1 Å². The summed E-state index contributed by atoms with van der Waals surface area (Å²) in [7, 11) is 0. The maximum absolute atomic E-state index is 9.11. The fraction of sp³-hybridized carbons (Fsp3) is 0.286. The number of hydrogen-bond donors (Lipinski definition) is 0. The Balaban J connectivity index is 2.13. The van der Waals surface area contributed by atoms with Gasteiger partial charge < -0.3 is 4.74 Å². The summed E-state index contributed by atoms with van der Waals surface area (Å²) in [5.74, 6) is 0.697.